The topological polar surface area (TPSA) is 49.3 Å². The van der Waals surface area contributed by atoms with Crippen LogP contribution in [0.1, 0.15) is 19.4 Å². The first-order valence-electron chi connectivity index (χ1n) is 8.18. The van der Waals surface area contributed by atoms with Gasteiger partial charge in [0.05, 0.1) is 6.04 Å². The van der Waals surface area contributed by atoms with Gasteiger partial charge < -0.3 is 4.90 Å². The van der Waals surface area contributed by atoms with E-state index in [1.807, 2.05) is 55.4 Å². The summed E-state index contributed by atoms with van der Waals surface area (Å²) in [4.78, 5) is 25.2. The van der Waals surface area contributed by atoms with E-state index in [2.05, 4.69) is 14.9 Å². The molecule has 0 spiro atoms. The molecule has 1 saturated heterocycles. The van der Waals surface area contributed by atoms with Crippen molar-refractivity contribution in [3.8, 4) is 11.4 Å². The molecule has 1 aliphatic rings. The van der Waals surface area contributed by atoms with E-state index in [0.29, 0.717) is 17.4 Å². The minimum atomic E-state index is -0.102. The highest BCUT2D eigenvalue weighted by Gasteiger charge is 2.30. The molecule has 0 radical (unpaired) electrons. The van der Waals surface area contributed by atoms with E-state index >= 15 is 0 Å². The summed E-state index contributed by atoms with van der Waals surface area (Å²) in [6.07, 6.45) is 3.67. The molecule has 2 aromatic rings. The van der Waals surface area contributed by atoms with Crippen LogP contribution in [0.4, 0.5) is 0 Å². The van der Waals surface area contributed by atoms with Crippen LogP contribution in [-0.4, -0.2) is 51.4 Å². The summed E-state index contributed by atoms with van der Waals surface area (Å²) < 4.78 is 0. The van der Waals surface area contributed by atoms with Crippen molar-refractivity contribution < 1.29 is 4.79 Å². The third kappa shape index (κ3) is 3.57. The van der Waals surface area contributed by atoms with Crippen molar-refractivity contribution in [2.75, 3.05) is 19.6 Å². The monoisotopic (exact) mass is 344 g/mol. The molecule has 1 atom stereocenters. The molecule has 1 amide bonds. The standard InChI is InChI=1S/C18H21ClN4O/c1-3-22-8-9-23(13(2)18(22)24)12-14-10-20-17(21-11-14)15-4-6-16(19)7-5-15/h4-7,10-11,13H,3,8-9,12H2,1-2H3/t13-/m1/s1. The molecule has 0 bridgehead atoms. The molecule has 24 heavy (non-hydrogen) atoms. The van der Waals surface area contributed by atoms with Gasteiger partial charge in [0.25, 0.3) is 0 Å². The van der Waals surface area contributed by atoms with Crippen LogP contribution >= 0.6 is 11.6 Å². The van der Waals surface area contributed by atoms with Crippen molar-refractivity contribution in [1.29, 1.82) is 0 Å². The van der Waals surface area contributed by atoms with Crippen molar-refractivity contribution in [2.45, 2.75) is 26.4 Å². The van der Waals surface area contributed by atoms with Gasteiger partial charge in [0.1, 0.15) is 0 Å². The smallest absolute Gasteiger partial charge is 0.239 e. The Labute approximate surface area is 147 Å². The Balaban J connectivity index is 1.68. The molecule has 6 heteroatoms. The second kappa shape index (κ2) is 7.28. The lowest BCUT2D eigenvalue weighted by molar-refractivity contribution is -0.141. The third-order valence-electron chi connectivity index (χ3n) is 4.45. The number of halogens is 1. The maximum absolute atomic E-state index is 12.3. The predicted molar refractivity (Wildman–Crippen MR) is 94.6 cm³/mol. The van der Waals surface area contributed by atoms with E-state index < -0.39 is 0 Å². The highest BCUT2D eigenvalue weighted by molar-refractivity contribution is 6.30. The number of carbonyl (C=O) groups is 1. The number of rotatable bonds is 4. The van der Waals surface area contributed by atoms with Gasteiger partial charge in [0.15, 0.2) is 5.82 Å². The average molecular weight is 345 g/mol. The lowest BCUT2D eigenvalue weighted by atomic mass is 10.1. The maximum Gasteiger partial charge on any atom is 0.239 e. The largest absolute Gasteiger partial charge is 0.340 e. The highest BCUT2D eigenvalue weighted by Crippen LogP contribution is 2.19. The Hall–Kier alpha value is -1.98. The second-order valence-corrected chi connectivity index (χ2v) is 6.42. The Morgan fingerprint density at radius 3 is 2.46 bits per heavy atom. The molecule has 3 rings (SSSR count). The summed E-state index contributed by atoms with van der Waals surface area (Å²) >= 11 is 5.90. The Bertz CT molecular complexity index is 702. The quantitative estimate of drug-likeness (QED) is 0.855. The summed E-state index contributed by atoms with van der Waals surface area (Å²) in [5.74, 6) is 0.873. The van der Waals surface area contributed by atoms with E-state index in [0.717, 1.165) is 30.8 Å². The number of nitrogens with zero attached hydrogens (tertiary/aromatic N) is 4. The predicted octanol–water partition coefficient (Wildman–Crippen LogP) is 2.85. The lowest BCUT2D eigenvalue weighted by Crippen LogP contribution is -2.55. The molecular formula is C18H21ClN4O. The van der Waals surface area contributed by atoms with Crippen LogP contribution in [-0.2, 0) is 11.3 Å². The van der Waals surface area contributed by atoms with Gasteiger partial charge in [-0.05, 0) is 38.1 Å². The number of benzene rings is 1. The SMILES string of the molecule is CCN1CCN(Cc2cnc(-c3ccc(Cl)cc3)nc2)[C@H](C)C1=O. The van der Waals surface area contributed by atoms with E-state index in [1.165, 1.54) is 0 Å². The van der Waals surface area contributed by atoms with Crippen LogP contribution in [0.25, 0.3) is 11.4 Å². The van der Waals surface area contributed by atoms with Crippen LogP contribution in [0.5, 0.6) is 0 Å². The summed E-state index contributed by atoms with van der Waals surface area (Å²) in [7, 11) is 0. The Morgan fingerprint density at radius 2 is 1.83 bits per heavy atom. The van der Waals surface area contributed by atoms with Crippen molar-refractivity contribution >= 4 is 17.5 Å². The molecule has 1 fully saturated rings. The van der Waals surface area contributed by atoms with E-state index in [9.17, 15) is 4.79 Å². The fourth-order valence-electron chi connectivity index (χ4n) is 2.92. The lowest BCUT2D eigenvalue weighted by Gasteiger charge is -2.38. The highest BCUT2D eigenvalue weighted by atomic mass is 35.5. The Morgan fingerprint density at radius 1 is 1.17 bits per heavy atom. The number of likely N-dealkylation sites (N-methyl/N-ethyl adjacent to an activating group) is 1. The first-order chi connectivity index (χ1) is 11.6. The summed E-state index contributed by atoms with van der Waals surface area (Å²) in [6, 6.07) is 7.36. The zero-order chi connectivity index (χ0) is 17.1. The molecule has 5 nitrogen and oxygen atoms in total. The summed E-state index contributed by atoms with van der Waals surface area (Å²) in [5.41, 5.74) is 1.95. The van der Waals surface area contributed by atoms with Crippen molar-refractivity contribution in [3.05, 3.63) is 47.2 Å². The van der Waals surface area contributed by atoms with Crippen LogP contribution in [0.2, 0.25) is 5.02 Å². The average Bonchev–Trinajstić information content (AvgIpc) is 2.61. The van der Waals surface area contributed by atoms with E-state index in [1.54, 1.807) is 0 Å². The van der Waals surface area contributed by atoms with Gasteiger partial charge in [-0.1, -0.05) is 11.6 Å². The minimum Gasteiger partial charge on any atom is -0.340 e. The van der Waals surface area contributed by atoms with Gasteiger partial charge in [0.2, 0.25) is 5.91 Å². The minimum absolute atomic E-state index is 0.102. The van der Waals surface area contributed by atoms with Gasteiger partial charge in [0, 0.05) is 54.7 Å². The number of hydrogen-bond acceptors (Lipinski definition) is 4. The fourth-order valence-corrected chi connectivity index (χ4v) is 3.05. The summed E-state index contributed by atoms with van der Waals surface area (Å²) in [6.45, 7) is 7.10. The molecule has 126 valence electrons. The first kappa shape index (κ1) is 16.9. The van der Waals surface area contributed by atoms with Gasteiger partial charge in [-0.3, -0.25) is 9.69 Å². The first-order valence-corrected chi connectivity index (χ1v) is 8.56. The van der Waals surface area contributed by atoms with E-state index in [-0.39, 0.29) is 11.9 Å². The van der Waals surface area contributed by atoms with Gasteiger partial charge in [-0.2, -0.15) is 0 Å². The summed E-state index contributed by atoms with van der Waals surface area (Å²) in [5, 5.41) is 0.695. The number of hydrogen-bond donors (Lipinski definition) is 0. The molecule has 1 aromatic heterocycles. The number of carbonyl (C=O) groups excluding carboxylic acids is 1. The molecule has 2 heterocycles. The number of piperazine rings is 1. The van der Waals surface area contributed by atoms with Crippen LogP contribution in [0, 0.1) is 0 Å². The molecule has 0 N–H and O–H groups in total. The molecular weight excluding hydrogens is 324 g/mol. The zero-order valence-corrected chi connectivity index (χ0v) is 14.7. The van der Waals surface area contributed by atoms with Crippen molar-refractivity contribution in [3.63, 3.8) is 0 Å². The van der Waals surface area contributed by atoms with E-state index in [4.69, 9.17) is 11.6 Å². The van der Waals surface area contributed by atoms with Crippen molar-refractivity contribution in [2.24, 2.45) is 0 Å². The molecule has 1 aliphatic heterocycles. The zero-order valence-electron chi connectivity index (χ0n) is 13.9. The maximum atomic E-state index is 12.3. The molecule has 1 aromatic carbocycles. The van der Waals surface area contributed by atoms with Crippen LogP contribution in [0.15, 0.2) is 36.7 Å². The molecule has 0 unspecified atom stereocenters. The molecule has 0 saturated carbocycles. The second-order valence-electron chi connectivity index (χ2n) is 5.99. The normalized spacial score (nSPS) is 18.9. The van der Waals surface area contributed by atoms with Crippen LogP contribution < -0.4 is 0 Å². The van der Waals surface area contributed by atoms with Crippen LogP contribution in [0.3, 0.4) is 0 Å². The third-order valence-corrected chi connectivity index (χ3v) is 4.70. The number of amides is 1. The van der Waals surface area contributed by atoms with Gasteiger partial charge in [-0.25, -0.2) is 9.97 Å². The van der Waals surface area contributed by atoms with Crippen molar-refractivity contribution in [1.82, 2.24) is 19.8 Å². The van der Waals surface area contributed by atoms with Gasteiger partial charge >= 0.3 is 0 Å². The Kier molecular flexibility index (Phi) is 5.11. The molecule has 0 aliphatic carbocycles. The fraction of sp³-hybridized carbons (Fsp3) is 0.389. The number of aromatic nitrogens is 2. The van der Waals surface area contributed by atoms with Gasteiger partial charge in [-0.15, -0.1) is 0 Å².